The van der Waals surface area contributed by atoms with Crippen LogP contribution in [0.3, 0.4) is 0 Å². The maximum Gasteiger partial charge on any atom is 0.114 e. The van der Waals surface area contributed by atoms with Crippen molar-refractivity contribution in [3.05, 3.63) is 12.2 Å². The zero-order chi connectivity index (χ0) is 19.7. The fraction of sp³-hybridized carbons (Fsp3) is 0.909. The number of aliphatic hydroxyl groups is 3. The fourth-order valence-corrected chi connectivity index (χ4v) is 3.36. The lowest BCUT2D eigenvalue weighted by Crippen LogP contribution is -2.40. The summed E-state index contributed by atoms with van der Waals surface area (Å²) in [5.41, 5.74) is 0. The number of allylic oxidation sites excluding steroid dienone is 2. The Hall–Kier alpha value is -0.460. The van der Waals surface area contributed by atoms with E-state index in [1.807, 2.05) is 0 Å². The molecule has 1 saturated heterocycles. The molecule has 0 spiro atoms. The van der Waals surface area contributed by atoms with Crippen LogP contribution in [0.2, 0.25) is 0 Å². The minimum absolute atomic E-state index is 0.0676. The Bertz CT molecular complexity index is 361. The van der Waals surface area contributed by atoms with Crippen LogP contribution in [-0.4, -0.2) is 59.6 Å². The van der Waals surface area contributed by atoms with Gasteiger partial charge in [0.15, 0.2) is 0 Å². The van der Waals surface area contributed by atoms with Crippen molar-refractivity contribution in [2.45, 2.75) is 108 Å². The number of aliphatic hydroxyl groups excluding tert-OH is 3. The molecular formula is C22H42O5. The van der Waals surface area contributed by atoms with Gasteiger partial charge >= 0.3 is 0 Å². The predicted molar refractivity (Wildman–Crippen MR) is 109 cm³/mol. The fourth-order valence-electron chi connectivity index (χ4n) is 3.36. The first-order chi connectivity index (χ1) is 13.2. The highest BCUT2D eigenvalue weighted by Gasteiger charge is 2.39. The van der Waals surface area contributed by atoms with Crippen LogP contribution in [0.25, 0.3) is 0 Å². The minimum Gasteiger partial charge on any atom is -0.388 e. The largest absolute Gasteiger partial charge is 0.388 e. The monoisotopic (exact) mass is 386 g/mol. The van der Waals surface area contributed by atoms with Gasteiger partial charge in [-0.15, -0.1) is 0 Å². The highest BCUT2D eigenvalue weighted by Crippen LogP contribution is 2.18. The molecule has 5 heteroatoms. The van der Waals surface area contributed by atoms with E-state index in [2.05, 4.69) is 19.1 Å². The van der Waals surface area contributed by atoms with Crippen molar-refractivity contribution >= 4 is 0 Å². The van der Waals surface area contributed by atoms with E-state index in [1.54, 1.807) is 0 Å². The van der Waals surface area contributed by atoms with Gasteiger partial charge in [-0.05, 0) is 32.1 Å². The van der Waals surface area contributed by atoms with Crippen molar-refractivity contribution < 1.29 is 24.8 Å². The molecule has 0 aromatic rings. The third kappa shape index (κ3) is 11.9. The Morgan fingerprint density at radius 1 is 0.926 bits per heavy atom. The van der Waals surface area contributed by atoms with E-state index in [0.29, 0.717) is 6.61 Å². The quantitative estimate of drug-likeness (QED) is 0.262. The van der Waals surface area contributed by atoms with Gasteiger partial charge in [-0.1, -0.05) is 64.0 Å². The van der Waals surface area contributed by atoms with Crippen molar-refractivity contribution in [3.8, 4) is 0 Å². The predicted octanol–water partition coefficient (Wildman–Crippen LogP) is 3.74. The molecule has 27 heavy (non-hydrogen) atoms. The van der Waals surface area contributed by atoms with Crippen LogP contribution in [0.15, 0.2) is 12.2 Å². The van der Waals surface area contributed by atoms with Gasteiger partial charge in [-0.3, -0.25) is 0 Å². The molecule has 1 heterocycles. The first-order valence-electron chi connectivity index (χ1n) is 11.0. The maximum atomic E-state index is 9.93. The first-order valence-corrected chi connectivity index (χ1v) is 11.0. The first kappa shape index (κ1) is 24.6. The standard InChI is InChI=1S/C22H42O5/c1-2-3-4-5-6-7-8-9-10-11-12-13-14-15-16-26-17-20(24)22-21(25)19(23)18-27-22/h6-7,19-25H,2-5,8-18H2,1H3/b7-6+/t19-,20+,21+,22+/m0/s1. The summed E-state index contributed by atoms with van der Waals surface area (Å²) in [4.78, 5) is 0. The summed E-state index contributed by atoms with van der Waals surface area (Å²) in [5.74, 6) is 0. The molecule has 0 bridgehead atoms. The molecular weight excluding hydrogens is 344 g/mol. The lowest BCUT2D eigenvalue weighted by molar-refractivity contribution is -0.0813. The Kier molecular flexibility index (Phi) is 15.0. The molecule has 0 aromatic carbocycles. The lowest BCUT2D eigenvalue weighted by Gasteiger charge is -2.20. The van der Waals surface area contributed by atoms with Crippen LogP contribution in [0.1, 0.15) is 84.0 Å². The van der Waals surface area contributed by atoms with Crippen molar-refractivity contribution in [1.29, 1.82) is 0 Å². The third-order valence-electron chi connectivity index (χ3n) is 5.16. The van der Waals surface area contributed by atoms with Gasteiger partial charge in [0.2, 0.25) is 0 Å². The van der Waals surface area contributed by atoms with E-state index in [4.69, 9.17) is 9.47 Å². The second-order valence-corrected chi connectivity index (χ2v) is 7.73. The second-order valence-electron chi connectivity index (χ2n) is 7.73. The molecule has 0 aliphatic carbocycles. The summed E-state index contributed by atoms with van der Waals surface area (Å²) in [6, 6.07) is 0. The number of rotatable bonds is 17. The van der Waals surface area contributed by atoms with E-state index in [1.165, 1.54) is 64.2 Å². The Morgan fingerprint density at radius 3 is 2.11 bits per heavy atom. The van der Waals surface area contributed by atoms with Crippen molar-refractivity contribution in [1.82, 2.24) is 0 Å². The third-order valence-corrected chi connectivity index (χ3v) is 5.16. The van der Waals surface area contributed by atoms with E-state index < -0.39 is 24.4 Å². The smallest absolute Gasteiger partial charge is 0.114 e. The molecule has 4 atom stereocenters. The molecule has 1 fully saturated rings. The van der Waals surface area contributed by atoms with Crippen LogP contribution in [-0.2, 0) is 9.47 Å². The summed E-state index contributed by atoms with van der Waals surface area (Å²) in [6.45, 7) is 3.07. The number of ether oxygens (including phenoxy) is 2. The van der Waals surface area contributed by atoms with E-state index in [0.717, 1.165) is 12.8 Å². The molecule has 0 saturated carbocycles. The Balaban J connectivity index is 1.80. The van der Waals surface area contributed by atoms with Crippen LogP contribution >= 0.6 is 0 Å². The SMILES string of the molecule is CCCCC/C=C/CCCCCCCCCOC[C@@H](O)[C@H]1OC[C@H](O)[C@H]1O. The van der Waals surface area contributed by atoms with Gasteiger partial charge in [-0.25, -0.2) is 0 Å². The molecule has 5 nitrogen and oxygen atoms in total. The summed E-state index contributed by atoms with van der Waals surface area (Å²) in [7, 11) is 0. The molecule has 0 amide bonds. The summed E-state index contributed by atoms with van der Waals surface area (Å²) >= 11 is 0. The number of hydrogen-bond acceptors (Lipinski definition) is 5. The van der Waals surface area contributed by atoms with E-state index in [9.17, 15) is 15.3 Å². The zero-order valence-electron chi connectivity index (χ0n) is 17.2. The molecule has 1 aliphatic heterocycles. The highest BCUT2D eigenvalue weighted by molar-refractivity contribution is 4.87. The summed E-state index contributed by atoms with van der Waals surface area (Å²) in [5, 5.41) is 29.0. The van der Waals surface area contributed by atoms with Gasteiger partial charge in [-0.2, -0.15) is 0 Å². The summed E-state index contributed by atoms with van der Waals surface area (Å²) < 4.78 is 10.7. The van der Waals surface area contributed by atoms with Crippen LogP contribution in [0.4, 0.5) is 0 Å². The Morgan fingerprint density at radius 2 is 1.52 bits per heavy atom. The van der Waals surface area contributed by atoms with Gasteiger partial charge in [0, 0.05) is 6.61 Å². The molecule has 1 rings (SSSR count). The molecule has 0 aromatic heterocycles. The van der Waals surface area contributed by atoms with Gasteiger partial charge in [0.05, 0.1) is 13.2 Å². The molecule has 0 radical (unpaired) electrons. The van der Waals surface area contributed by atoms with Crippen LogP contribution in [0, 0.1) is 0 Å². The number of hydrogen-bond donors (Lipinski definition) is 3. The van der Waals surface area contributed by atoms with Crippen molar-refractivity contribution in [2.75, 3.05) is 19.8 Å². The molecule has 0 unspecified atom stereocenters. The molecule has 160 valence electrons. The lowest BCUT2D eigenvalue weighted by atomic mass is 10.1. The summed E-state index contributed by atoms with van der Waals surface area (Å²) in [6.07, 6.45) is 16.1. The van der Waals surface area contributed by atoms with Gasteiger partial charge in [0.25, 0.3) is 0 Å². The minimum atomic E-state index is -1.03. The van der Waals surface area contributed by atoms with Crippen LogP contribution in [0.5, 0.6) is 0 Å². The highest BCUT2D eigenvalue weighted by atomic mass is 16.5. The van der Waals surface area contributed by atoms with Crippen LogP contribution < -0.4 is 0 Å². The average Bonchev–Trinajstić information content (AvgIpc) is 3.00. The van der Waals surface area contributed by atoms with Crippen molar-refractivity contribution in [3.63, 3.8) is 0 Å². The van der Waals surface area contributed by atoms with Gasteiger partial charge in [0.1, 0.15) is 24.4 Å². The normalized spacial score (nSPS) is 24.1. The maximum absolute atomic E-state index is 9.93. The molecule has 3 N–H and O–H groups in total. The second kappa shape index (κ2) is 16.5. The topological polar surface area (TPSA) is 79.2 Å². The zero-order valence-corrected chi connectivity index (χ0v) is 17.2. The van der Waals surface area contributed by atoms with Gasteiger partial charge < -0.3 is 24.8 Å². The van der Waals surface area contributed by atoms with Crippen molar-refractivity contribution in [2.24, 2.45) is 0 Å². The number of unbranched alkanes of at least 4 members (excludes halogenated alkanes) is 10. The van der Waals surface area contributed by atoms with E-state index in [-0.39, 0.29) is 13.2 Å². The average molecular weight is 387 g/mol. The Labute approximate surface area is 165 Å². The molecule has 1 aliphatic rings. The van der Waals surface area contributed by atoms with E-state index >= 15 is 0 Å².